The van der Waals surface area contributed by atoms with Crippen LogP contribution in [0, 0.1) is 0 Å². The summed E-state index contributed by atoms with van der Waals surface area (Å²) < 4.78 is 0. The van der Waals surface area contributed by atoms with Gasteiger partial charge in [-0.2, -0.15) is 0 Å². The molecule has 1 aromatic rings. The van der Waals surface area contributed by atoms with E-state index in [1.807, 2.05) is 0 Å². The van der Waals surface area contributed by atoms with Crippen LogP contribution >= 0.6 is 23.2 Å². The smallest absolute Gasteiger partial charge is 0.329 e. The van der Waals surface area contributed by atoms with Crippen molar-refractivity contribution < 1.29 is 14.7 Å². The molecule has 4 nitrogen and oxygen atoms in total. The number of nitrogens with one attached hydrogen (secondary N) is 1. The second kappa shape index (κ2) is 6.26. The van der Waals surface area contributed by atoms with Gasteiger partial charge in [0, 0.05) is 5.02 Å². The predicted molar refractivity (Wildman–Crippen MR) is 74.9 cm³/mol. The van der Waals surface area contributed by atoms with Gasteiger partial charge in [-0.05, 0) is 31.0 Å². The number of carbonyl (C=O) groups excluding carboxylic acids is 1. The first-order valence-corrected chi connectivity index (χ1v) is 6.63. The van der Waals surface area contributed by atoms with Crippen LogP contribution in [0.3, 0.4) is 0 Å². The van der Waals surface area contributed by atoms with E-state index >= 15 is 0 Å². The molecule has 19 heavy (non-hydrogen) atoms. The Labute approximate surface area is 121 Å². The summed E-state index contributed by atoms with van der Waals surface area (Å²) in [6.45, 7) is 3.41. The summed E-state index contributed by atoms with van der Waals surface area (Å²) in [6, 6.07) is 4.47. The molecular formula is C13H15Cl2NO3. The SMILES string of the molecule is CCC(CC)(NC(=O)c1cc(Cl)ccc1Cl)C(=O)O. The van der Waals surface area contributed by atoms with Crippen molar-refractivity contribution in [3.63, 3.8) is 0 Å². The van der Waals surface area contributed by atoms with E-state index in [1.54, 1.807) is 19.9 Å². The van der Waals surface area contributed by atoms with Gasteiger partial charge in [-0.15, -0.1) is 0 Å². The van der Waals surface area contributed by atoms with Gasteiger partial charge in [0.15, 0.2) is 0 Å². The average Bonchev–Trinajstić information content (AvgIpc) is 2.38. The topological polar surface area (TPSA) is 66.4 Å². The summed E-state index contributed by atoms with van der Waals surface area (Å²) in [5.74, 6) is -1.61. The van der Waals surface area contributed by atoms with E-state index in [-0.39, 0.29) is 23.4 Å². The normalized spacial score (nSPS) is 11.2. The number of amides is 1. The van der Waals surface area contributed by atoms with Crippen molar-refractivity contribution in [1.29, 1.82) is 0 Å². The fourth-order valence-corrected chi connectivity index (χ4v) is 2.11. The summed E-state index contributed by atoms with van der Waals surface area (Å²) >= 11 is 11.7. The molecule has 0 saturated carbocycles. The van der Waals surface area contributed by atoms with E-state index in [4.69, 9.17) is 23.2 Å². The van der Waals surface area contributed by atoms with E-state index < -0.39 is 17.4 Å². The molecule has 0 heterocycles. The van der Waals surface area contributed by atoms with Crippen molar-refractivity contribution in [1.82, 2.24) is 5.32 Å². The molecule has 1 amide bonds. The minimum atomic E-state index is -1.29. The summed E-state index contributed by atoms with van der Waals surface area (Å²) in [5, 5.41) is 12.4. The van der Waals surface area contributed by atoms with Crippen molar-refractivity contribution in [3.8, 4) is 0 Å². The van der Waals surface area contributed by atoms with Gasteiger partial charge < -0.3 is 10.4 Å². The van der Waals surface area contributed by atoms with Crippen LogP contribution in [-0.2, 0) is 4.79 Å². The lowest BCUT2D eigenvalue weighted by molar-refractivity contribution is -0.144. The van der Waals surface area contributed by atoms with Gasteiger partial charge in [-0.25, -0.2) is 4.79 Å². The highest BCUT2D eigenvalue weighted by molar-refractivity contribution is 6.35. The van der Waals surface area contributed by atoms with Crippen molar-refractivity contribution in [3.05, 3.63) is 33.8 Å². The first-order chi connectivity index (χ1) is 8.86. The second-order valence-electron chi connectivity index (χ2n) is 4.17. The first-order valence-electron chi connectivity index (χ1n) is 5.87. The van der Waals surface area contributed by atoms with Crippen LogP contribution in [-0.4, -0.2) is 22.5 Å². The number of benzene rings is 1. The van der Waals surface area contributed by atoms with Gasteiger partial charge in [0.05, 0.1) is 10.6 Å². The molecule has 0 fully saturated rings. The molecule has 0 spiro atoms. The van der Waals surface area contributed by atoms with E-state index in [9.17, 15) is 14.7 Å². The van der Waals surface area contributed by atoms with E-state index in [1.165, 1.54) is 12.1 Å². The quantitative estimate of drug-likeness (QED) is 0.876. The number of hydrogen-bond acceptors (Lipinski definition) is 2. The van der Waals surface area contributed by atoms with Crippen LogP contribution in [0.1, 0.15) is 37.0 Å². The Morgan fingerprint density at radius 3 is 2.32 bits per heavy atom. The van der Waals surface area contributed by atoms with Crippen molar-refractivity contribution in [2.24, 2.45) is 0 Å². The minimum Gasteiger partial charge on any atom is -0.480 e. The molecule has 1 aromatic carbocycles. The number of halogens is 2. The highest BCUT2D eigenvalue weighted by Gasteiger charge is 2.36. The first kappa shape index (κ1) is 15.8. The Morgan fingerprint density at radius 1 is 1.26 bits per heavy atom. The summed E-state index contributed by atoms with van der Waals surface area (Å²) in [4.78, 5) is 23.5. The minimum absolute atomic E-state index is 0.168. The van der Waals surface area contributed by atoms with Crippen LogP contribution in [0.15, 0.2) is 18.2 Å². The molecule has 0 saturated heterocycles. The number of carboxylic acid groups (broad SMARTS) is 1. The number of hydrogen-bond donors (Lipinski definition) is 2. The van der Waals surface area contributed by atoms with E-state index in [0.717, 1.165) is 0 Å². The molecule has 0 aromatic heterocycles. The summed E-state index contributed by atoms with van der Waals surface area (Å²) in [5.41, 5.74) is -1.12. The van der Waals surface area contributed by atoms with Crippen molar-refractivity contribution in [2.45, 2.75) is 32.2 Å². The maximum Gasteiger partial charge on any atom is 0.329 e. The average molecular weight is 304 g/mol. The summed E-state index contributed by atoms with van der Waals surface area (Å²) in [7, 11) is 0. The van der Waals surface area contributed by atoms with Gasteiger partial charge in [0.25, 0.3) is 5.91 Å². The lowest BCUT2D eigenvalue weighted by Gasteiger charge is -2.28. The van der Waals surface area contributed by atoms with Gasteiger partial charge in [0.2, 0.25) is 0 Å². The standard InChI is InChI=1S/C13H15Cl2NO3/c1-3-13(4-2,12(18)19)16-11(17)9-7-8(14)5-6-10(9)15/h5-7H,3-4H2,1-2H3,(H,16,17)(H,18,19). The van der Waals surface area contributed by atoms with Crippen molar-refractivity contribution in [2.75, 3.05) is 0 Å². The molecule has 104 valence electrons. The van der Waals surface area contributed by atoms with Crippen LogP contribution in [0.25, 0.3) is 0 Å². The molecule has 0 bridgehead atoms. The van der Waals surface area contributed by atoms with Crippen LogP contribution in [0.2, 0.25) is 10.0 Å². The summed E-state index contributed by atoms with van der Waals surface area (Å²) in [6.07, 6.45) is 0.561. The lowest BCUT2D eigenvalue weighted by atomic mass is 9.92. The highest BCUT2D eigenvalue weighted by atomic mass is 35.5. The molecule has 0 atom stereocenters. The maximum absolute atomic E-state index is 12.1. The number of aliphatic carboxylic acids is 1. The van der Waals surface area contributed by atoms with E-state index in [0.29, 0.717) is 5.02 Å². The second-order valence-corrected chi connectivity index (χ2v) is 5.02. The molecular weight excluding hydrogens is 289 g/mol. The van der Waals surface area contributed by atoms with Gasteiger partial charge >= 0.3 is 5.97 Å². The Bertz CT molecular complexity index is 499. The third-order valence-corrected chi connectivity index (χ3v) is 3.71. The van der Waals surface area contributed by atoms with Crippen LogP contribution in [0.5, 0.6) is 0 Å². The number of rotatable bonds is 5. The lowest BCUT2D eigenvalue weighted by Crippen LogP contribution is -2.53. The molecule has 0 aliphatic carbocycles. The van der Waals surface area contributed by atoms with Crippen molar-refractivity contribution >= 4 is 35.1 Å². The zero-order valence-electron chi connectivity index (χ0n) is 10.7. The third kappa shape index (κ3) is 3.39. The molecule has 0 unspecified atom stereocenters. The Balaban J connectivity index is 3.07. The highest BCUT2D eigenvalue weighted by Crippen LogP contribution is 2.23. The Kier molecular flexibility index (Phi) is 5.20. The van der Waals surface area contributed by atoms with Gasteiger partial charge in [-0.1, -0.05) is 37.0 Å². The van der Waals surface area contributed by atoms with Gasteiger partial charge in [-0.3, -0.25) is 4.79 Å². The predicted octanol–water partition coefficient (Wildman–Crippen LogP) is 3.37. The Morgan fingerprint density at radius 2 is 1.84 bits per heavy atom. The number of carboxylic acids is 1. The molecule has 1 rings (SSSR count). The maximum atomic E-state index is 12.1. The Hall–Kier alpha value is -1.26. The monoisotopic (exact) mass is 303 g/mol. The number of carbonyl (C=O) groups is 2. The van der Waals surface area contributed by atoms with Crippen LogP contribution < -0.4 is 5.32 Å². The van der Waals surface area contributed by atoms with Gasteiger partial charge in [0.1, 0.15) is 5.54 Å². The molecule has 0 aliphatic rings. The zero-order valence-corrected chi connectivity index (χ0v) is 12.2. The molecule has 6 heteroatoms. The zero-order chi connectivity index (χ0) is 14.6. The molecule has 0 aliphatic heterocycles. The van der Waals surface area contributed by atoms with Crippen LogP contribution in [0.4, 0.5) is 0 Å². The largest absolute Gasteiger partial charge is 0.480 e. The third-order valence-electron chi connectivity index (χ3n) is 3.14. The fourth-order valence-electron chi connectivity index (χ4n) is 1.74. The fraction of sp³-hybridized carbons (Fsp3) is 0.385. The van der Waals surface area contributed by atoms with E-state index in [2.05, 4.69) is 5.32 Å². The molecule has 0 radical (unpaired) electrons. The molecule has 2 N–H and O–H groups in total.